The Balaban J connectivity index is 2.18. The average Bonchev–Trinajstić information content (AvgIpc) is 2.48. The van der Waals surface area contributed by atoms with Crippen molar-refractivity contribution >= 4 is 11.4 Å². The van der Waals surface area contributed by atoms with E-state index in [1.807, 2.05) is 38.1 Å². The van der Waals surface area contributed by atoms with Gasteiger partial charge in [-0.15, -0.1) is 0 Å². The van der Waals surface area contributed by atoms with Crippen molar-refractivity contribution in [1.29, 1.82) is 0 Å². The molecule has 0 amide bonds. The molecule has 3 heteroatoms. The standard InChI is InChI=1S/C18H24N2O/c1-4-17(14-8-6-5-7-9-14)20-15-10-11-16(19)18(12-15)21-13(2)3/h5-13,17,20H,4,19H2,1-3H3. The molecule has 0 aliphatic carbocycles. The summed E-state index contributed by atoms with van der Waals surface area (Å²) < 4.78 is 5.74. The van der Waals surface area contributed by atoms with Gasteiger partial charge in [-0.05, 0) is 38.0 Å². The van der Waals surface area contributed by atoms with Crippen molar-refractivity contribution in [1.82, 2.24) is 0 Å². The molecule has 2 aromatic carbocycles. The number of rotatable bonds is 6. The van der Waals surface area contributed by atoms with E-state index in [9.17, 15) is 0 Å². The zero-order valence-corrected chi connectivity index (χ0v) is 13.0. The SMILES string of the molecule is CCC(Nc1ccc(N)c(OC(C)C)c1)c1ccccc1. The van der Waals surface area contributed by atoms with E-state index in [1.165, 1.54) is 5.56 Å². The second kappa shape index (κ2) is 7.02. The lowest BCUT2D eigenvalue weighted by molar-refractivity contribution is 0.244. The minimum Gasteiger partial charge on any atom is -0.489 e. The smallest absolute Gasteiger partial charge is 0.144 e. The van der Waals surface area contributed by atoms with E-state index in [0.717, 1.165) is 17.9 Å². The molecule has 1 atom stereocenters. The van der Waals surface area contributed by atoms with Crippen LogP contribution in [-0.2, 0) is 0 Å². The van der Waals surface area contributed by atoms with Crippen LogP contribution >= 0.6 is 0 Å². The number of nitrogens with one attached hydrogen (secondary N) is 1. The Morgan fingerprint density at radius 2 is 1.81 bits per heavy atom. The monoisotopic (exact) mass is 284 g/mol. The zero-order chi connectivity index (χ0) is 15.2. The average molecular weight is 284 g/mol. The number of hydrogen-bond acceptors (Lipinski definition) is 3. The van der Waals surface area contributed by atoms with Gasteiger partial charge in [0.25, 0.3) is 0 Å². The molecule has 0 saturated heterocycles. The summed E-state index contributed by atoms with van der Waals surface area (Å²) in [4.78, 5) is 0. The van der Waals surface area contributed by atoms with Gasteiger partial charge in [-0.1, -0.05) is 37.3 Å². The highest BCUT2D eigenvalue weighted by atomic mass is 16.5. The first-order valence-electron chi connectivity index (χ1n) is 7.47. The Morgan fingerprint density at radius 3 is 2.43 bits per heavy atom. The van der Waals surface area contributed by atoms with Crippen LogP contribution in [0.25, 0.3) is 0 Å². The molecule has 0 heterocycles. The second-order valence-electron chi connectivity index (χ2n) is 5.44. The van der Waals surface area contributed by atoms with Gasteiger partial charge in [0.2, 0.25) is 0 Å². The minimum atomic E-state index is 0.110. The Morgan fingerprint density at radius 1 is 1.10 bits per heavy atom. The fourth-order valence-electron chi connectivity index (χ4n) is 2.29. The van der Waals surface area contributed by atoms with Gasteiger partial charge in [-0.3, -0.25) is 0 Å². The molecule has 112 valence electrons. The molecule has 0 aromatic heterocycles. The fraction of sp³-hybridized carbons (Fsp3) is 0.333. The lowest BCUT2D eigenvalue weighted by Crippen LogP contribution is -2.11. The van der Waals surface area contributed by atoms with E-state index in [1.54, 1.807) is 0 Å². The summed E-state index contributed by atoms with van der Waals surface area (Å²) in [5.41, 5.74) is 8.93. The van der Waals surface area contributed by atoms with Crippen LogP contribution in [0.5, 0.6) is 5.75 Å². The fourth-order valence-corrected chi connectivity index (χ4v) is 2.29. The Hall–Kier alpha value is -2.16. The second-order valence-corrected chi connectivity index (χ2v) is 5.44. The van der Waals surface area contributed by atoms with E-state index in [0.29, 0.717) is 5.69 Å². The molecule has 2 aromatic rings. The normalized spacial score (nSPS) is 12.2. The van der Waals surface area contributed by atoms with Crippen LogP contribution in [0.15, 0.2) is 48.5 Å². The zero-order valence-electron chi connectivity index (χ0n) is 13.0. The molecule has 0 fully saturated rings. The van der Waals surface area contributed by atoms with E-state index in [4.69, 9.17) is 10.5 Å². The van der Waals surface area contributed by atoms with Gasteiger partial charge in [0.1, 0.15) is 5.75 Å². The van der Waals surface area contributed by atoms with Crippen molar-refractivity contribution < 1.29 is 4.74 Å². The molecule has 0 saturated carbocycles. The highest BCUT2D eigenvalue weighted by Gasteiger charge is 2.10. The van der Waals surface area contributed by atoms with Crippen molar-refractivity contribution in [2.45, 2.75) is 39.3 Å². The summed E-state index contributed by atoms with van der Waals surface area (Å²) in [5.74, 6) is 0.734. The molecule has 0 spiro atoms. The summed E-state index contributed by atoms with van der Waals surface area (Å²) in [7, 11) is 0. The first-order valence-corrected chi connectivity index (χ1v) is 7.47. The van der Waals surface area contributed by atoms with Crippen molar-refractivity contribution in [2.75, 3.05) is 11.1 Å². The van der Waals surface area contributed by atoms with Crippen molar-refractivity contribution in [3.8, 4) is 5.75 Å². The summed E-state index contributed by atoms with van der Waals surface area (Å²) in [5, 5.41) is 3.55. The van der Waals surface area contributed by atoms with Crippen LogP contribution in [0.2, 0.25) is 0 Å². The van der Waals surface area contributed by atoms with Gasteiger partial charge in [-0.25, -0.2) is 0 Å². The van der Waals surface area contributed by atoms with Gasteiger partial charge in [-0.2, -0.15) is 0 Å². The van der Waals surface area contributed by atoms with Crippen LogP contribution in [0.4, 0.5) is 11.4 Å². The van der Waals surface area contributed by atoms with E-state index in [-0.39, 0.29) is 12.1 Å². The van der Waals surface area contributed by atoms with Crippen LogP contribution in [0.1, 0.15) is 38.8 Å². The van der Waals surface area contributed by atoms with Crippen LogP contribution in [-0.4, -0.2) is 6.10 Å². The van der Waals surface area contributed by atoms with Gasteiger partial charge in [0, 0.05) is 11.8 Å². The number of anilines is 2. The predicted octanol–water partition coefficient (Wildman–Crippen LogP) is 4.62. The molecule has 3 N–H and O–H groups in total. The van der Waals surface area contributed by atoms with Gasteiger partial charge in [0.05, 0.1) is 17.8 Å². The summed E-state index contributed by atoms with van der Waals surface area (Å²) in [6.45, 7) is 6.17. The predicted molar refractivity (Wildman–Crippen MR) is 89.7 cm³/mol. The number of nitrogen functional groups attached to an aromatic ring is 1. The van der Waals surface area contributed by atoms with Gasteiger partial charge in [0.15, 0.2) is 0 Å². The molecule has 3 nitrogen and oxygen atoms in total. The minimum absolute atomic E-state index is 0.110. The number of hydrogen-bond donors (Lipinski definition) is 2. The molecule has 1 unspecified atom stereocenters. The maximum Gasteiger partial charge on any atom is 0.144 e. The Labute approximate surface area is 127 Å². The summed E-state index contributed by atoms with van der Waals surface area (Å²) in [6, 6.07) is 16.6. The molecule has 21 heavy (non-hydrogen) atoms. The van der Waals surface area contributed by atoms with E-state index in [2.05, 4.69) is 36.5 Å². The Bertz CT molecular complexity index is 567. The molecule has 2 rings (SSSR count). The molecule has 0 aliphatic rings. The van der Waals surface area contributed by atoms with Crippen LogP contribution < -0.4 is 15.8 Å². The van der Waals surface area contributed by atoms with Gasteiger partial charge >= 0.3 is 0 Å². The Kier molecular flexibility index (Phi) is 5.09. The van der Waals surface area contributed by atoms with Crippen LogP contribution in [0, 0.1) is 0 Å². The quantitative estimate of drug-likeness (QED) is 0.761. The largest absolute Gasteiger partial charge is 0.489 e. The van der Waals surface area contributed by atoms with Crippen molar-refractivity contribution in [3.63, 3.8) is 0 Å². The third-order valence-corrected chi connectivity index (χ3v) is 3.33. The number of nitrogens with two attached hydrogens (primary N) is 1. The van der Waals surface area contributed by atoms with Crippen LogP contribution in [0.3, 0.4) is 0 Å². The number of benzene rings is 2. The summed E-state index contributed by atoms with van der Waals surface area (Å²) >= 11 is 0. The maximum absolute atomic E-state index is 5.96. The molecule has 0 aliphatic heterocycles. The third kappa shape index (κ3) is 4.15. The van der Waals surface area contributed by atoms with Crippen molar-refractivity contribution in [2.24, 2.45) is 0 Å². The lowest BCUT2D eigenvalue weighted by Gasteiger charge is -2.20. The molecular weight excluding hydrogens is 260 g/mol. The van der Waals surface area contributed by atoms with Crippen molar-refractivity contribution in [3.05, 3.63) is 54.1 Å². The first-order chi connectivity index (χ1) is 10.1. The molecule has 0 bridgehead atoms. The summed E-state index contributed by atoms with van der Waals surface area (Å²) in [6.07, 6.45) is 1.12. The molecule has 0 radical (unpaired) electrons. The topological polar surface area (TPSA) is 47.3 Å². The number of ether oxygens (including phenoxy) is 1. The van der Waals surface area contributed by atoms with E-state index < -0.39 is 0 Å². The third-order valence-electron chi connectivity index (χ3n) is 3.33. The van der Waals surface area contributed by atoms with Gasteiger partial charge < -0.3 is 15.8 Å². The first kappa shape index (κ1) is 15.2. The highest BCUT2D eigenvalue weighted by molar-refractivity contribution is 5.62. The molecular formula is C18H24N2O. The highest BCUT2D eigenvalue weighted by Crippen LogP contribution is 2.29. The maximum atomic E-state index is 5.96. The van der Waals surface area contributed by atoms with E-state index >= 15 is 0 Å². The lowest BCUT2D eigenvalue weighted by atomic mass is 10.0.